The Labute approximate surface area is 104 Å². The van der Waals surface area contributed by atoms with Crippen molar-refractivity contribution >= 4 is 0 Å². The van der Waals surface area contributed by atoms with E-state index in [1.165, 1.54) is 6.92 Å². The van der Waals surface area contributed by atoms with Crippen LogP contribution in [0.5, 0.6) is 0 Å². The fourth-order valence-corrected chi connectivity index (χ4v) is 3.38. The molecule has 0 bridgehead atoms. The molecular formula is C14H27F3. The lowest BCUT2D eigenvalue weighted by Gasteiger charge is -2.47. The molecule has 0 rings (SSSR count). The smallest absolute Gasteiger partial charge is 0.170 e. The zero-order valence-corrected chi connectivity index (χ0v) is 12.2. The Morgan fingerprint density at radius 1 is 0.882 bits per heavy atom. The van der Waals surface area contributed by atoms with Crippen molar-refractivity contribution in [3.8, 4) is 0 Å². The lowest BCUT2D eigenvalue weighted by Crippen LogP contribution is -2.50. The van der Waals surface area contributed by atoms with Gasteiger partial charge in [0, 0.05) is 0 Å². The molecule has 0 aliphatic carbocycles. The minimum atomic E-state index is -4.14. The normalized spacial score (nSPS) is 18.9. The summed E-state index contributed by atoms with van der Waals surface area (Å²) in [6.45, 7) is 12.6. The Morgan fingerprint density at radius 3 is 1.41 bits per heavy atom. The second-order valence-corrected chi connectivity index (χ2v) is 6.10. The van der Waals surface area contributed by atoms with Crippen LogP contribution in [0.15, 0.2) is 0 Å². The summed E-state index contributed by atoms with van der Waals surface area (Å²) in [6.07, 6.45) is -3.58. The summed E-state index contributed by atoms with van der Waals surface area (Å²) in [7, 11) is 0. The van der Waals surface area contributed by atoms with E-state index in [0.717, 1.165) is 0 Å². The van der Waals surface area contributed by atoms with Gasteiger partial charge in [0.25, 0.3) is 0 Å². The van der Waals surface area contributed by atoms with Crippen LogP contribution in [0, 0.1) is 29.1 Å². The summed E-state index contributed by atoms with van der Waals surface area (Å²) in [4.78, 5) is 0. The van der Waals surface area contributed by atoms with E-state index in [0.29, 0.717) is 6.42 Å². The van der Waals surface area contributed by atoms with Gasteiger partial charge in [0.2, 0.25) is 0 Å². The van der Waals surface area contributed by atoms with Crippen molar-refractivity contribution in [2.45, 2.75) is 61.1 Å². The van der Waals surface area contributed by atoms with E-state index in [4.69, 9.17) is 0 Å². The zero-order chi connectivity index (χ0) is 14.0. The van der Waals surface area contributed by atoms with Gasteiger partial charge in [-0.05, 0) is 23.7 Å². The molecule has 17 heavy (non-hydrogen) atoms. The van der Waals surface area contributed by atoms with Crippen molar-refractivity contribution in [1.29, 1.82) is 0 Å². The van der Waals surface area contributed by atoms with Crippen LogP contribution in [-0.4, -0.2) is 6.18 Å². The predicted molar refractivity (Wildman–Crippen MR) is 66.8 cm³/mol. The number of halogens is 3. The first-order chi connectivity index (χ1) is 7.50. The van der Waals surface area contributed by atoms with Crippen LogP contribution >= 0.6 is 0 Å². The molecule has 0 aliphatic rings. The molecule has 0 radical (unpaired) electrons. The number of rotatable bonds is 5. The Bertz CT molecular complexity index is 222. The molecule has 0 saturated carbocycles. The van der Waals surface area contributed by atoms with Crippen molar-refractivity contribution in [2.24, 2.45) is 29.1 Å². The second kappa shape index (κ2) is 5.62. The van der Waals surface area contributed by atoms with Crippen LogP contribution in [0.1, 0.15) is 54.9 Å². The molecular weight excluding hydrogens is 225 g/mol. The van der Waals surface area contributed by atoms with E-state index in [1.54, 1.807) is 6.92 Å². The van der Waals surface area contributed by atoms with Crippen molar-refractivity contribution in [1.82, 2.24) is 0 Å². The quantitative estimate of drug-likeness (QED) is 0.603. The summed E-state index contributed by atoms with van der Waals surface area (Å²) in [5.74, 6) is -0.610. The highest BCUT2D eigenvalue weighted by molar-refractivity contribution is 4.94. The molecule has 0 amide bonds. The summed E-state index contributed by atoms with van der Waals surface area (Å²) < 4.78 is 40.5. The number of alkyl halides is 3. The van der Waals surface area contributed by atoms with E-state index in [-0.39, 0.29) is 23.7 Å². The molecule has 0 spiro atoms. The number of hydrogen-bond donors (Lipinski definition) is 0. The van der Waals surface area contributed by atoms with Gasteiger partial charge in [0.05, 0.1) is 5.41 Å². The van der Waals surface area contributed by atoms with Gasteiger partial charge in [-0.15, -0.1) is 0 Å². The van der Waals surface area contributed by atoms with Crippen LogP contribution in [0.4, 0.5) is 13.2 Å². The van der Waals surface area contributed by atoms with E-state index in [2.05, 4.69) is 0 Å². The third-order valence-electron chi connectivity index (χ3n) is 4.38. The van der Waals surface area contributed by atoms with Crippen molar-refractivity contribution in [2.75, 3.05) is 0 Å². The summed E-state index contributed by atoms with van der Waals surface area (Å²) >= 11 is 0. The first kappa shape index (κ1) is 16.8. The molecule has 0 aromatic heterocycles. The van der Waals surface area contributed by atoms with E-state index in [1.807, 2.05) is 34.6 Å². The fraction of sp³-hybridized carbons (Fsp3) is 1.00. The lowest BCUT2D eigenvalue weighted by molar-refractivity contribution is -0.265. The van der Waals surface area contributed by atoms with Crippen molar-refractivity contribution < 1.29 is 13.2 Å². The van der Waals surface area contributed by atoms with Crippen LogP contribution in [0.3, 0.4) is 0 Å². The molecule has 0 saturated heterocycles. The largest absolute Gasteiger partial charge is 0.394 e. The molecule has 104 valence electrons. The minimum absolute atomic E-state index is 0.0376. The van der Waals surface area contributed by atoms with Gasteiger partial charge in [0.15, 0.2) is 0 Å². The Balaban J connectivity index is 5.59. The maximum absolute atomic E-state index is 13.5. The molecule has 3 heteroatoms. The van der Waals surface area contributed by atoms with E-state index >= 15 is 0 Å². The van der Waals surface area contributed by atoms with Crippen molar-refractivity contribution in [3.63, 3.8) is 0 Å². The van der Waals surface area contributed by atoms with Gasteiger partial charge in [-0.25, -0.2) is 0 Å². The van der Waals surface area contributed by atoms with Crippen molar-refractivity contribution in [3.05, 3.63) is 0 Å². The standard InChI is InChI=1S/C14H27F3/c1-8-11(6)13(7,14(15,16)17)12(9(2)3)10(4)5/h9-12H,8H2,1-7H3. The highest BCUT2D eigenvalue weighted by atomic mass is 19.4. The number of hydrogen-bond acceptors (Lipinski definition) is 0. The van der Waals surface area contributed by atoms with Gasteiger partial charge in [0.1, 0.15) is 0 Å². The van der Waals surface area contributed by atoms with Gasteiger partial charge in [-0.3, -0.25) is 0 Å². The summed E-state index contributed by atoms with van der Waals surface area (Å²) in [5, 5.41) is 0. The van der Waals surface area contributed by atoms with Crippen LogP contribution < -0.4 is 0 Å². The summed E-state index contributed by atoms with van der Waals surface area (Å²) in [6, 6.07) is 0. The SMILES string of the molecule is CCC(C)C(C)(C(C(C)C)C(C)C)C(F)(F)F. The summed E-state index contributed by atoms with van der Waals surface area (Å²) in [5.41, 5.74) is -1.59. The average Bonchev–Trinajstić information content (AvgIpc) is 2.13. The first-order valence-corrected chi connectivity index (χ1v) is 6.56. The monoisotopic (exact) mass is 252 g/mol. The predicted octanol–water partition coefficient (Wildman–Crippen LogP) is 5.53. The topological polar surface area (TPSA) is 0 Å². The highest BCUT2D eigenvalue weighted by Crippen LogP contribution is 2.54. The van der Waals surface area contributed by atoms with Crippen LogP contribution in [0.2, 0.25) is 0 Å². The molecule has 0 aromatic rings. The molecule has 0 fully saturated rings. The van der Waals surface area contributed by atoms with Gasteiger partial charge in [-0.2, -0.15) is 13.2 Å². The molecule has 0 aromatic carbocycles. The Kier molecular flexibility index (Phi) is 5.55. The highest BCUT2D eigenvalue weighted by Gasteiger charge is 2.59. The minimum Gasteiger partial charge on any atom is -0.170 e. The van der Waals surface area contributed by atoms with Crippen LogP contribution in [0.25, 0.3) is 0 Å². The molecule has 0 aliphatic heterocycles. The van der Waals surface area contributed by atoms with Gasteiger partial charge >= 0.3 is 6.18 Å². The third kappa shape index (κ3) is 3.17. The third-order valence-corrected chi connectivity index (χ3v) is 4.38. The Hall–Kier alpha value is -0.210. The molecule has 2 unspecified atom stereocenters. The first-order valence-electron chi connectivity index (χ1n) is 6.56. The molecule has 0 nitrogen and oxygen atoms in total. The molecule has 0 heterocycles. The second-order valence-electron chi connectivity index (χ2n) is 6.10. The van der Waals surface area contributed by atoms with Gasteiger partial charge in [-0.1, -0.05) is 54.9 Å². The molecule has 0 N–H and O–H groups in total. The fourth-order valence-electron chi connectivity index (χ4n) is 3.38. The van der Waals surface area contributed by atoms with Crippen LogP contribution in [-0.2, 0) is 0 Å². The average molecular weight is 252 g/mol. The van der Waals surface area contributed by atoms with E-state index < -0.39 is 11.6 Å². The molecule has 2 atom stereocenters. The lowest BCUT2D eigenvalue weighted by atomic mass is 9.60. The maximum Gasteiger partial charge on any atom is 0.394 e. The zero-order valence-electron chi connectivity index (χ0n) is 12.2. The van der Waals surface area contributed by atoms with Gasteiger partial charge < -0.3 is 0 Å². The maximum atomic E-state index is 13.5. The Morgan fingerprint density at radius 2 is 1.24 bits per heavy atom. The van der Waals surface area contributed by atoms with E-state index in [9.17, 15) is 13.2 Å².